The molecule has 0 aromatic rings. The number of rotatable bonds is 2. The van der Waals surface area contributed by atoms with E-state index < -0.39 is 21.1 Å². The molecule has 9 heteroatoms. The Morgan fingerprint density at radius 2 is 1.23 bits per heavy atom. The Bertz CT molecular complexity index is 201. The Balaban J connectivity index is -0.0000000424. The maximum absolute atomic E-state index is 9.55. The van der Waals surface area contributed by atoms with Crippen molar-refractivity contribution >= 4 is 58.8 Å². The van der Waals surface area contributed by atoms with Gasteiger partial charge in [-0.05, 0) is 0 Å². The zero-order valence-electron chi connectivity index (χ0n) is 8.38. The summed E-state index contributed by atoms with van der Waals surface area (Å²) in [6, 6.07) is 0. The van der Waals surface area contributed by atoms with Crippen LogP contribution >= 0.6 is 0 Å². The van der Waals surface area contributed by atoms with E-state index in [4.69, 9.17) is 24.3 Å². The third kappa shape index (κ3) is 50.8. The van der Waals surface area contributed by atoms with Crippen LogP contribution in [0, 0.1) is 0 Å². The molecule has 0 saturated carbocycles. The zero-order chi connectivity index (χ0) is 10.1. The van der Waals surface area contributed by atoms with Crippen LogP contribution in [0.4, 0.5) is 0 Å². The van der Waals surface area contributed by atoms with Gasteiger partial charge < -0.3 is 22.7 Å². The van der Waals surface area contributed by atoms with Crippen LogP contribution in [0.3, 0.4) is 0 Å². The second kappa shape index (κ2) is 11.6. The maximum atomic E-state index is 9.55. The predicted molar refractivity (Wildman–Crippen MR) is 43.3 cm³/mol. The molecule has 0 aromatic carbocycles. The van der Waals surface area contributed by atoms with Crippen molar-refractivity contribution in [3.63, 3.8) is 0 Å². The van der Waals surface area contributed by atoms with E-state index in [1.165, 1.54) is 0 Å². The summed E-state index contributed by atoms with van der Waals surface area (Å²) >= 11 is 0. The van der Waals surface area contributed by atoms with Crippen molar-refractivity contribution in [2.24, 2.45) is 0 Å². The van der Waals surface area contributed by atoms with E-state index in [9.17, 15) is 9.59 Å². The second-order valence-electron chi connectivity index (χ2n) is 1.29. The molecule has 0 aromatic heterocycles. The third-order valence-electron chi connectivity index (χ3n) is 0.368. The molecule has 0 aliphatic rings. The van der Waals surface area contributed by atoms with Gasteiger partial charge in [0.1, 0.15) is 0 Å². The fraction of sp³-hybridized carbons (Fsp3) is 0. The van der Waals surface area contributed by atoms with Crippen LogP contribution in [0.2, 0.25) is 0 Å². The summed E-state index contributed by atoms with van der Waals surface area (Å²) in [5.74, 6) is -2.51. The SMILES string of the molecule is O=C(O)/C=C/C(=O)O.O=[Si](O)O.[Ca+2].[H-].[H-]. The Morgan fingerprint density at radius 1 is 1.08 bits per heavy atom. The molecular weight excluding hydrogens is 228 g/mol. The van der Waals surface area contributed by atoms with Gasteiger partial charge in [-0.1, -0.05) is 0 Å². The maximum Gasteiger partial charge on any atom is 2.00 e. The molecule has 7 nitrogen and oxygen atoms in total. The van der Waals surface area contributed by atoms with E-state index in [0.717, 1.165) is 0 Å². The molecule has 0 fully saturated rings. The molecule has 0 heterocycles. The van der Waals surface area contributed by atoms with E-state index in [2.05, 4.69) is 0 Å². The van der Waals surface area contributed by atoms with Crippen molar-refractivity contribution < 1.29 is 36.7 Å². The number of hydrogen-bond donors (Lipinski definition) is 4. The minimum absolute atomic E-state index is 0. The predicted octanol–water partition coefficient (Wildman–Crippen LogP) is -2.06. The Hall–Kier alpha value is -0.443. The van der Waals surface area contributed by atoms with Crippen LogP contribution in [0.25, 0.3) is 0 Å². The fourth-order valence-corrected chi connectivity index (χ4v) is 0.143. The summed E-state index contributed by atoms with van der Waals surface area (Å²) in [4.78, 5) is 33.4. The second-order valence-corrected chi connectivity index (χ2v) is 1.86. The number of carbonyl (C=O) groups is 2. The molecule has 72 valence electrons. The van der Waals surface area contributed by atoms with Gasteiger partial charge in [0.2, 0.25) is 0 Å². The first-order valence-electron chi connectivity index (χ1n) is 2.42. The summed E-state index contributed by atoms with van der Waals surface area (Å²) in [5.41, 5.74) is 0. The minimum Gasteiger partial charge on any atom is -1.00 e. The molecule has 0 aliphatic heterocycles. The van der Waals surface area contributed by atoms with Crippen LogP contribution in [0.15, 0.2) is 12.2 Å². The van der Waals surface area contributed by atoms with Crippen molar-refractivity contribution in [3.8, 4) is 0 Å². The van der Waals surface area contributed by atoms with Gasteiger partial charge in [0, 0.05) is 12.2 Å². The average molecular weight is 236 g/mol. The Kier molecular flexibility index (Phi) is 16.3. The van der Waals surface area contributed by atoms with Gasteiger partial charge in [-0.2, -0.15) is 0 Å². The van der Waals surface area contributed by atoms with Crippen molar-refractivity contribution in [2.45, 2.75) is 0 Å². The van der Waals surface area contributed by atoms with Gasteiger partial charge in [0.25, 0.3) is 0 Å². The smallest absolute Gasteiger partial charge is 1.00 e. The number of hydrogen-bond acceptors (Lipinski definition) is 3. The molecule has 0 amide bonds. The molecule has 13 heavy (non-hydrogen) atoms. The van der Waals surface area contributed by atoms with Gasteiger partial charge in [-0.3, -0.25) is 4.46 Å². The topological polar surface area (TPSA) is 132 Å². The van der Waals surface area contributed by atoms with Gasteiger partial charge in [-0.25, -0.2) is 9.59 Å². The van der Waals surface area contributed by atoms with E-state index >= 15 is 0 Å². The van der Waals surface area contributed by atoms with E-state index in [-0.39, 0.29) is 40.6 Å². The van der Waals surface area contributed by atoms with Crippen molar-refractivity contribution in [3.05, 3.63) is 12.2 Å². The molecule has 4 N–H and O–H groups in total. The first-order chi connectivity index (χ1) is 5.36. The summed E-state index contributed by atoms with van der Waals surface area (Å²) < 4.78 is 8.74. The molecule has 0 saturated heterocycles. The minimum atomic E-state index is -3.13. The normalized spacial score (nSPS) is 7.69. The summed E-state index contributed by atoms with van der Waals surface area (Å²) in [6.45, 7) is 0. The Labute approximate surface area is 107 Å². The van der Waals surface area contributed by atoms with Crippen LogP contribution in [0.1, 0.15) is 2.85 Å². The molecule has 0 bridgehead atoms. The van der Waals surface area contributed by atoms with E-state index in [1.54, 1.807) is 0 Å². The van der Waals surface area contributed by atoms with E-state index in [1.807, 2.05) is 0 Å². The van der Waals surface area contributed by atoms with Crippen LogP contribution in [0.5, 0.6) is 0 Å². The van der Waals surface area contributed by atoms with Crippen molar-refractivity contribution in [1.29, 1.82) is 0 Å². The molecule has 0 rings (SSSR count). The summed E-state index contributed by atoms with van der Waals surface area (Å²) in [7, 11) is -3.13. The number of carboxylic acid groups (broad SMARTS) is 2. The van der Waals surface area contributed by atoms with Gasteiger partial charge >= 0.3 is 58.8 Å². The monoisotopic (exact) mass is 236 g/mol. The fourth-order valence-electron chi connectivity index (χ4n) is 0.143. The number of carboxylic acids is 2. The van der Waals surface area contributed by atoms with Crippen LogP contribution in [-0.4, -0.2) is 78.7 Å². The average Bonchev–Trinajstić information content (AvgIpc) is 1.82. The Morgan fingerprint density at radius 3 is 1.31 bits per heavy atom. The van der Waals surface area contributed by atoms with Crippen LogP contribution < -0.4 is 0 Å². The zero-order valence-corrected chi connectivity index (χ0v) is 9.58. The molecular formula is C4H8CaO7Si. The van der Waals surface area contributed by atoms with Gasteiger partial charge in [0.15, 0.2) is 0 Å². The molecule has 0 radical (unpaired) electrons. The standard InChI is InChI=1S/C4H4O4.Ca.H2O3Si.2H/c5-3(6)1-2-4(7)8;;1-4(2)3;;/h1-2H,(H,5,6)(H,7,8);;1-2H;;/q;+2;;2*-1/b2-1+;;;;. The van der Waals surface area contributed by atoms with Crippen molar-refractivity contribution in [2.75, 3.05) is 0 Å². The molecule has 0 aliphatic carbocycles. The largest absolute Gasteiger partial charge is 2.00 e. The first-order valence-corrected chi connectivity index (χ1v) is 3.72. The van der Waals surface area contributed by atoms with Gasteiger partial charge in [0.05, 0.1) is 0 Å². The molecule has 0 atom stereocenters. The van der Waals surface area contributed by atoms with Crippen molar-refractivity contribution in [1.82, 2.24) is 0 Å². The third-order valence-corrected chi connectivity index (χ3v) is 0.368. The van der Waals surface area contributed by atoms with Crippen LogP contribution in [-0.2, 0) is 14.1 Å². The quantitative estimate of drug-likeness (QED) is 0.320. The van der Waals surface area contributed by atoms with Gasteiger partial charge in [-0.15, -0.1) is 0 Å². The summed E-state index contributed by atoms with van der Waals surface area (Å²) in [6.07, 6.45) is 1.12. The first kappa shape index (κ1) is 18.4. The summed E-state index contributed by atoms with van der Waals surface area (Å²) in [5, 5.41) is 15.6. The molecule has 0 unspecified atom stereocenters. The number of aliphatic carboxylic acids is 2. The van der Waals surface area contributed by atoms with E-state index in [0.29, 0.717) is 12.2 Å². The molecule has 0 spiro atoms.